The first-order chi connectivity index (χ1) is 12.1. The van der Waals surface area contributed by atoms with E-state index < -0.39 is 17.6 Å². The van der Waals surface area contributed by atoms with Crippen molar-refractivity contribution in [3.05, 3.63) is 76.4 Å². The van der Waals surface area contributed by atoms with E-state index in [9.17, 15) is 14.0 Å². The van der Waals surface area contributed by atoms with Crippen molar-refractivity contribution in [2.24, 2.45) is 0 Å². The molecule has 2 amide bonds. The van der Waals surface area contributed by atoms with E-state index in [0.717, 1.165) is 16.7 Å². The maximum Gasteiger partial charge on any atom is 0.268 e. The standard InChI is InChI=1S/C19H16FNO3S/c20-15-9-5-4-8-14(15)12-21-18(23)16(13-6-2-1-3-7-13)17(19(21)24)25-11-10-22/h1-9,22H,10-12H2. The third-order valence-corrected chi connectivity index (χ3v) is 4.87. The van der Waals surface area contributed by atoms with E-state index in [1.54, 1.807) is 42.5 Å². The topological polar surface area (TPSA) is 57.6 Å². The Kier molecular flexibility index (Phi) is 5.31. The molecule has 1 heterocycles. The lowest BCUT2D eigenvalue weighted by molar-refractivity contribution is -0.137. The number of amides is 2. The fourth-order valence-corrected chi connectivity index (χ4v) is 3.51. The molecule has 0 aliphatic carbocycles. The summed E-state index contributed by atoms with van der Waals surface area (Å²) in [5, 5.41) is 9.07. The van der Waals surface area contributed by atoms with E-state index in [1.807, 2.05) is 6.07 Å². The lowest BCUT2D eigenvalue weighted by Gasteiger charge is -2.15. The highest BCUT2D eigenvalue weighted by atomic mass is 32.2. The highest BCUT2D eigenvalue weighted by molar-refractivity contribution is 8.04. The normalized spacial score (nSPS) is 14.6. The summed E-state index contributed by atoms with van der Waals surface area (Å²) in [6.45, 7) is -0.227. The molecule has 0 fully saturated rings. The molecule has 0 saturated heterocycles. The second kappa shape index (κ2) is 7.63. The van der Waals surface area contributed by atoms with Crippen molar-refractivity contribution < 1.29 is 19.1 Å². The maximum atomic E-state index is 13.9. The van der Waals surface area contributed by atoms with Crippen LogP contribution in [-0.2, 0) is 16.1 Å². The molecular weight excluding hydrogens is 341 g/mol. The fourth-order valence-electron chi connectivity index (χ4n) is 2.64. The Morgan fingerprint density at radius 1 is 0.960 bits per heavy atom. The largest absolute Gasteiger partial charge is 0.396 e. The van der Waals surface area contributed by atoms with Crippen LogP contribution in [0, 0.1) is 5.82 Å². The summed E-state index contributed by atoms with van der Waals surface area (Å²) >= 11 is 1.14. The molecule has 2 aromatic rings. The van der Waals surface area contributed by atoms with Crippen molar-refractivity contribution in [3.8, 4) is 0 Å². The molecule has 2 aromatic carbocycles. The summed E-state index contributed by atoms with van der Waals surface area (Å²) in [7, 11) is 0. The Balaban J connectivity index is 1.96. The Labute approximate surface area is 149 Å². The van der Waals surface area contributed by atoms with Crippen molar-refractivity contribution in [2.45, 2.75) is 6.54 Å². The molecule has 3 rings (SSSR count). The van der Waals surface area contributed by atoms with Gasteiger partial charge >= 0.3 is 0 Å². The molecule has 128 valence electrons. The van der Waals surface area contributed by atoms with Crippen LogP contribution in [0.5, 0.6) is 0 Å². The second-order valence-corrected chi connectivity index (χ2v) is 6.54. The number of carbonyl (C=O) groups excluding carboxylic acids is 2. The number of aliphatic hydroxyl groups excluding tert-OH is 1. The van der Waals surface area contributed by atoms with Crippen molar-refractivity contribution in [3.63, 3.8) is 0 Å². The van der Waals surface area contributed by atoms with Gasteiger partial charge in [0, 0.05) is 11.3 Å². The second-order valence-electron chi connectivity index (χ2n) is 5.43. The van der Waals surface area contributed by atoms with Crippen LogP contribution >= 0.6 is 11.8 Å². The van der Waals surface area contributed by atoms with E-state index in [4.69, 9.17) is 5.11 Å². The third-order valence-electron chi connectivity index (χ3n) is 3.81. The summed E-state index contributed by atoms with van der Waals surface area (Å²) < 4.78 is 13.9. The van der Waals surface area contributed by atoms with Crippen molar-refractivity contribution >= 4 is 29.1 Å². The van der Waals surface area contributed by atoms with Crippen LogP contribution in [0.15, 0.2) is 59.5 Å². The average Bonchev–Trinajstić information content (AvgIpc) is 2.86. The predicted molar refractivity (Wildman–Crippen MR) is 94.9 cm³/mol. The van der Waals surface area contributed by atoms with Gasteiger partial charge in [-0.3, -0.25) is 14.5 Å². The van der Waals surface area contributed by atoms with Gasteiger partial charge < -0.3 is 5.11 Å². The van der Waals surface area contributed by atoms with Crippen LogP contribution in [0.3, 0.4) is 0 Å². The predicted octanol–water partition coefficient (Wildman–Crippen LogP) is 2.83. The van der Waals surface area contributed by atoms with Gasteiger partial charge in [-0.15, -0.1) is 11.8 Å². The molecule has 6 heteroatoms. The van der Waals surface area contributed by atoms with E-state index in [1.165, 1.54) is 6.07 Å². The van der Waals surface area contributed by atoms with Gasteiger partial charge in [0.15, 0.2) is 0 Å². The van der Waals surface area contributed by atoms with Gasteiger partial charge in [-0.1, -0.05) is 48.5 Å². The number of hydrogen-bond acceptors (Lipinski definition) is 4. The minimum Gasteiger partial charge on any atom is -0.396 e. The Bertz CT molecular complexity index is 836. The number of hydrogen-bond donors (Lipinski definition) is 1. The molecule has 0 bridgehead atoms. The molecule has 0 unspecified atom stereocenters. The zero-order chi connectivity index (χ0) is 17.8. The van der Waals surface area contributed by atoms with Crippen molar-refractivity contribution in [1.29, 1.82) is 0 Å². The fraction of sp³-hybridized carbons (Fsp3) is 0.158. The monoisotopic (exact) mass is 357 g/mol. The van der Waals surface area contributed by atoms with Crippen LogP contribution in [0.2, 0.25) is 0 Å². The van der Waals surface area contributed by atoms with Gasteiger partial charge in [-0.2, -0.15) is 0 Å². The molecule has 0 radical (unpaired) electrons. The third kappa shape index (κ3) is 3.50. The van der Waals surface area contributed by atoms with Crippen LogP contribution in [0.25, 0.3) is 5.57 Å². The first-order valence-electron chi connectivity index (χ1n) is 7.76. The lowest BCUT2D eigenvalue weighted by Crippen LogP contribution is -2.31. The van der Waals surface area contributed by atoms with Gasteiger partial charge in [0.25, 0.3) is 11.8 Å². The van der Waals surface area contributed by atoms with E-state index in [-0.39, 0.29) is 18.7 Å². The number of aliphatic hydroxyl groups is 1. The molecule has 1 N–H and O–H groups in total. The summed E-state index contributed by atoms with van der Waals surface area (Å²) in [5.74, 6) is -1.05. The summed E-state index contributed by atoms with van der Waals surface area (Å²) in [4.78, 5) is 26.9. The number of benzene rings is 2. The maximum absolute atomic E-state index is 13.9. The van der Waals surface area contributed by atoms with Crippen LogP contribution < -0.4 is 0 Å². The van der Waals surface area contributed by atoms with Gasteiger partial charge in [0.2, 0.25) is 0 Å². The summed E-state index contributed by atoms with van der Waals surface area (Å²) in [5.41, 5.74) is 1.22. The Morgan fingerprint density at radius 2 is 1.64 bits per heavy atom. The first-order valence-corrected chi connectivity index (χ1v) is 8.75. The number of nitrogens with zero attached hydrogens (tertiary/aromatic N) is 1. The average molecular weight is 357 g/mol. The van der Waals surface area contributed by atoms with Gasteiger partial charge in [-0.25, -0.2) is 4.39 Å². The zero-order valence-electron chi connectivity index (χ0n) is 13.3. The minimum absolute atomic E-state index is 0.106. The molecule has 0 aromatic heterocycles. The van der Waals surface area contributed by atoms with E-state index >= 15 is 0 Å². The van der Waals surface area contributed by atoms with Gasteiger partial charge in [0.1, 0.15) is 5.82 Å². The minimum atomic E-state index is -0.458. The number of rotatable bonds is 6. The summed E-state index contributed by atoms with van der Waals surface area (Å²) in [6, 6.07) is 15.0. The Hall–Kier alpha value is -2.44. The van der Waals surface area contributed by atoms with E-state index in [2.05, 4.69) is 0 Å². The van der Waals surface area contributed by atoms with Crippen molar-refractivity contribution in [1.82, 2.24) is 4.90 Å². The highest BCUT2D eigenvalue weighted by Crippen LogP contribution is 2.36. The quantitative estimate of drug-likeness (QED) is 0.808. The highest BCUT2D eigenvalue weighted by Gasteiger charge is 2.39. The van der Waals surface area contributed by atoms with Crippen LogP contribution in [0.4, 0.5) is 4.39 Å². The van der Waals surface area contributed by atoms with E-state index in [0.29, 0.717) is 21.8 Å². The zero-order valence-corrected chi connectivity index (χ0v) is 14.1. The molecule has 4 nitrogen and oxygen atoms in total. The van der Waals surface area contributed by atoms with Gasteiger partial charge in [-0.05, 0) is 11.6 Å². The molecular formula is C19H16FNO3S. The summed E-state index contributed by atoms with van der Waals surface area (Å²) in [6.07, 6.45) is 0. The lowest BCUT2D eigenvalue weighted by atomic mass is 10.1. The van der Waals surface area contributed by atoms with Crippen molar-refractivity contribution in [2.75, 3.05) is 12.4 Å². The SMILES string of the molecule is O=C1C(SCCO)=C(c2ccccc2)C(=O)N1Cc1ccccc1F. The molecule has 0 saturated carbocycles. The molecule has 25 heavy (non-hydrogen) atoms. The molecule has 1 aliphatic rings. The molecule has 1 aliphatic heterocycles. The number of halogens is 1. The van der Waals surface area contributed by atoms with Crippen LogP contribution in [0.1, 0.15) is 11.1 Å². The Morgan fingerprint density at radius 3 is 2.32 bits per heavy atom. The van der Waals surface area contributed by atoms with Gasteiger partial charge in [0.05, 0.1) is 23.6 Å². The molecule has 0 atom stereocenters. The van der Waals surface area contributed by atoms with Crippen LogP contribution in [-0.4, -0.2) is 34.2 Å². The number of thioether (sulfide) groups is 1. The smallest absolute Gasteiger partial charge is 0.268 e. The first kappa shape index (κ1) is 17.4. The number of imide groups is 1. The number of carbonyl (C=O) groups is 2. The molecule has 0 spiro atoms.